The van der Waals surface area contributed by atoms with Crippen molar-refractivity contribution in [1.82, 2.24) is 0 Å². The molecule has 0 amide bonds. The molecule has 0 saturated carbocycles. The molecule has 0 heterocycles. The maximum atomic E-state index is 2.50. The molecule has 0 atom stereocenters. The Morgan fingerprint density at radius 2 is 0.875 bits per heavy atom. The van der Waals surface area contributed by atoms with E-state index in [1.54, 1.807) is 0 Å². The highest BCUT2D eigenvalue weighted by Crippen LogP contribution is 2.53. The fraction of sp³-hybridized carbons (Fsp3) is 0.0545. The topological polar surface area (TPSA) is 3.24 Å². The molecular weight excluding hydrogens is 675 g/mol. The highest BCUT2D eigenvalue weighted by Gasteiger charge is 2.37. The van der Waals surface area contributed by atoms with E-state index in [0.717, 1.165) is 17.1 Å². The van der Waals surface area contributed by atoms with E-state index in [2.05, 4.69) is 231 Å². The highest BCUT2D eigenvalue weighted by molar-refractivity contribution is 6.05. The van der Waals surface area contributed by atoms with E-state index in [1.165, 1.54) is 77.5 Å². The van der Waals surface area contributed by atoms with Crippen LogP contribution in [0.25, 0.3) is 66.4 Å². The van der Waals surface area contributed by atoms with Crippen LogP contribution in [0.5, 0.6) is 0 Å². The molecule has 1 heteroatoms. The number of hydrogen-bond acceptors (Lipinski definition) is 1. The van der Waals surface area contributed by atoms with Gasteiger partial charge >= 0.3 is 0 Å². The Kier molecular flexibility index (Phi) is 8.23. The average molecular weight is 716 g/mol. The molecular formula is C55H41N. The first-order valence-electron chi connectivity index (χ1n) is 19.5. The van der Waals surface area contributed by atoms with Crippen LogP contribution in [0.1, 0.15) is 25.0 Å². The maximum absolute atomic E-state index is 2.50. The first kappa shape index (κ1) is 33.6. The Labute approximate surface area is 329 Å². The Morgan fingerprint density at radius 3 is 1.68 bits per heavy atom. The van der Waals surface area contributed by atoms with Crippen LogP contribution in [0.3, 0.4) is 0 Å². The van der Waals surface area contributed by atoms with E-state index in [-0.39, 0.29) is 5.41 Å². The molecule has 0 fully saturated rings. The van der Waals surface area contributed by atoms with Crippen LogP contribution >= 0.6 is 0 Å². The number of fused-ring (bicyclic) bond motifs is 4. The minimum Gasteiger partial charge on any atom is -0.309 e. The molecule has 10 rings (SSSR count). The smallest absolute Gasteiger partial charge is 0.0546 e. The Hall–Kier alpha value is -6.96. The van der Waals surface area contributed by atoms with Gasteiger partial charge < -0.3 is 4.90 Å². The van der Waals surface area contributed by atoms with Gasteiger partial charge in [0.05, 0.1) is 11.4 Å². The molecule has 1 nitrogen and oxygen atoms in total. The molecule has 0 N–H and O–H groups in total. The Balaban J connectivity index is 1.26. The van der Waals surface area contributed by atoms with Gasteiger partial charge in [0.25, 0.3) is 0 Å². The van der Waals surface area contributed by atoms with Crippen LogP contribution in [-0.2, 0) is 5.41 Å². The highest BCUT2D eigenvalue weighted by atomic mass is 15.1. The normalized spacial score (nSPS) is 12.6. The average Bonchev–Trinajstić information content (AvgIpc) is 3.50. The zero-order valence-corrected chi connectivity index (χ0v) is 31.7. The first-order chi connectivity index (χ1) is 27.6. The molecule has 0 bridgehead atoms. The summed E-state index contributed by atoms with van der Waals surface area (Å²) < 4.78 is 0. The quantitative estimate of drug-likeness (QED) is 0.159. The van der Waals surface area contributed by atoms with Crippen LogP contribution in [0, 0.1) is 0 Å². The summed E-state index contributed by atoms with van der Waals surface area (Å²) in [5, 5.41) is 2.40. The van der Waals surface area contributed by atoms with Crippen LogP contribution in [-0.4, -0.2) is 0 Å². The molecule has 0 aromatic heterocycles. The van der Waals surface area contributed by atoms with E-state index < -0.39 is 0 Å². The third-order valence-corrected chi connectivity index (χ3v) is 11.7. The SMILES string of the molecule is CC1(C)c2ccccc2-c2cccc(-c3cccc(N(c4cccc(-c5ccccc5)c4-c4ccccc4-c4ccccc4)c4cccc5ccccc45)c3)c21. The molecule has 0 aliphatic heterocycles. The van der Waals surface area contributed by atoms with E-state index in [4.69, 9.17) is 0 Å². The van der Waals surface area contributed by atoms with Crippen molar-refractivity contribution in [2.45, 2.75) is 19.3 Å². The molecule has 0 radical (unpaired) electrons. The molecule has 9 aromatic rings. The number of hydrogen-bond donors (Lipinski definition) is 0. The molecule has 56 heavy (non-hydrogen) atoms. The summed E-state index contributed by atoms with van der Waals surface area (Å²) in [5.74, 6) is 0. The lowest BCUT2D eigenvalue weighted by molar-refractivity contribution is 0.662. The molecule has 9 aromatic carbocycles. The minimum absolute atomic E-state index is 0.133. The summed E-state index contributed by atoms with van der Waals surface area (Å²) in [6, 6.07) is 77.7. The largest absolute Gasteiger partial charge is 0.309 e. The van der Waals surface area contributed by atoms with E-state index >= 15 is 0 Å². The second-order valence-electron chi connectivity index (χ2n) is 15.3. The van der Waals surface area contributed by atoms with Crippen molar-refractivity contribution < 1.29 is 0 Å². The van der Waals surface area contributed by atoms with Gasteiger partial charge in [-0.3, -0.25) is 0 Å². The second kappa shape index (κ2) is 13.7. The molecule has 1 aliphatic rings. The van der Waals surface area contributed by atoms with Crippen molar-refractivity contribution in [2.75, 3.05) is 4.90 Å². The standard InChI is InChI=1S/C55H41N/c1-55(2)50-34-14-13-29-47(50)49-33-17-32-46(54(49)55)41-25-15-26-42(37-41)56(51-35-16-24-39-23-9-10-28-44(39)51)52-36-18-31-45(40-21-7-4-8-22-40)53(52)48-30-12-11-27-43(48)38-19-5-3-6-20-38/h3-37H,1-2H3. The van der Waals surface area contributed by atoms with Crippen molar-refractivity contribution in [3.63, 3.8) is 0 Å². The van der Waals surface area contributed by atoms with Crippen molar-refractivity contribution in [3.05, 3.63) is 223 Å². The number of anilines is 3. The fourth-order valence-corrected chi connectivity index (χ4v) is 9.15. The summed E-state index contributed by atoms with van der Waals surface area (Å²) in [5.41, 5.74) is 18.3. The Bertz CT molecular complexity index is 2880. The summed E-state index contributed by atoms with van der Waals surface area (Å²) in [7, 11) is 0. The third-order valence-electron chi connectivity index (χ3n) is 11.7. The van der Waals surface area contributed by atoms with Crippen molar-refractivity contribution in [1.29, 1.82) is 0 Å². The zero-order valence-electron chi connectivity index (χ0n) is 31.7. The Morgan fingerprint density at radius 1 is 0.357 bits per heavy atom. The maximum Gasteiger partial charge on any atom is 0.0546 e. The van der Waals surface area contributed by atoms with E-state index in [0.29, 0.717) is 0 Å². The van der Waals surface area contributed by atoms with Crippen LogP contribution in [0.2, 0.25) is 0 Å². The minimum atomic E-state index is -0.133. The molecule has 1 aliphatic carbocycles. The summed E-state index contributed by atoms with van der Waals surface area (Å²) in [6.45, 7) is 4.75. The lowest BCUT2D eigenvalue weighted by Crippen LogP contribution is -2.16. The zero-order chi connectivity index (χ0) is 37.6. The van der Waals surface area contributed by atoms with Crippen LogP contribution < -0.4 is 4.90 Å². The second-order valence-corrected chi connectivity index (χ2v) is 15.3. The first-order valence-corrected chi connectivity index (χ1v) is 19.5. The van der Waals surface area contributed by atoms with Crippen LogP contribution in [0.4, 0.5) is 17.1 Å². The predicted octanol–water partition coefficient (Wildman–Crippen LogP) is 15.3. The van der Waals surface area contributed by atoms with Crippen molar-refractivity contribution >= 4 is 27.8 Å². The number of benzene rings is 9. The van der Waals surface area contributed by atoms with Crippen LogP contribution in [0.15, 0.2) is 212 Å². The third kappa shape index (κ3) is 5.55. The summed E-state index contributed by atoms with van der Waals surface area (Å²) in [6.07, 6.45) is 0. The van der Waals surface area contributed by atoms with Gasteiger partial charge in [-0.1, -0.05) is 202 Å². The van der Waals surface area contributed by atoms with E-state index in [1.807, 2.05) is 0 Å². The number of nitrogens with zero attached hydrogens (tertiary/aromatic N) is 1. The van der Waals surface area contributed by atoms with Gasteiger partial charge in [-0.15, -0.1) is 0 Å². The van der Waals surface area contributed by atoms with Gasteiger partial charge in [0.15, 0.2) is 0 Å². The van der Waals surface area contributed by atoms with Gasteiger partial charge in [-0.25, -0.2) is 0 Å². The van der Waals surface area contributed by atoms with Gasteiger partial charge in [0.1, 0.15) is 0 Å². The predicted molar refractivity (Wildman–Crippen MR) is 238 cm³/mol. The van der Waals surface area contributed by atoms with Gasteiger partial charge in [0.2, 0.25) is 0 Å². The summed E-state index contributed by atoms with van der Waals surface area (Å²) >= 11 is 0. The monoisotopic (exact) mass is 715 g/mol. The fourth-order valence-electron chi connectivity index (χ4n) is 9.15. The van der Waals surface area contributed by atoms with Crippen molar-refractivity contribution in [2.24, 2.45) is 0 Å². The lowest BCUT2D eigenvalue weighted by atomic mass is 9.79. The lowest BCUT2D eigenvalue weighted by Gasteiger charge is -2.31. The molecule has 0 unspecified atom stereocenters. The molecule has 0 spiro atoms. The van der Waals surface area contributed by atoms with E-state index in [9.17, 15) is 0 Å². The van der Waals surface area contributed by atoms with Crippen molar-refractivity contribution in [3.8, 4) is 55.6 Å². The molecule has 0 saturated heterocycles. The number of rotatable bonds is 7. The molecule has 266 valence electrons. The van der Waals surface area contributed by atoms with Gasteiger partial charge in [0, 0.05) is 22.1 Å². The van der Waals surface area contributed by atoms with Gasteiger partial charge in [-0.05, 0) is 90.8 Å². The van der Waals surface area contributed by atoms with Gasteiger partial charge in [-0.2, -0.15) is 0 Å². The summed E-state index contributed by atoms with van der Waals surface area (Å²) in [4.78, 5) is 2.50.